The fourth-order valence-corrected chi connectivity index (χ4v) is 3.06. The third-order valence-corrected chi connectivity index (χ3v) is 4.69. The van der Waals surface area contributed by atoms with E-state index in [0.29, 0.717) is 23.7 Å². The molecule has 0 bridgehead atoms. The first-order valence-corrected chi connectivity index (χ1v) is 11.1. The van der Waals surface area contributed by atoms with Crippen LogP contribution in [0.25, 0.3) is 0 Å². The zero-order valence-electron chi connectivity index (χ0n) is 18.9. The molecule has 3 aromatic rings. The van der Waals surface area contributed by atoms with Gasteiger partial charge in [0.15, 0.2) is 5.11 Å². The van der Waals surface area contributed by atoms with Crippen LogP contribution in [-0.4, -0.2) is 36.7 Å². The molecular weight excluding hydrogens is 466 g/mol. The predicted molar refractivity (Wildman–Crippen MR) is 137 cm³/mol. The zero-order valence-corrected chi connectivity index (χ0v) is 19.7. The van der Waals surface area contributed by atoms with Gasteiger partial charge in [-0.05, 0) is 48.6 Å². The molecule has 0 aromatic heterocycles. The number of nitrogens with one attached hydrogen (secondary N) is 3. The van der Waals surface area contributed by atoms with Gasteiger partial charge in [0.05, 0.1) is 11.1 Å². The maximum absolute atomic E-state index is 12.7. The van der Waals surface area contributed by atoms with Gasteiger partial charge in [-0.1, -0.05) is 55.1 Å². The Morgan fingerprint density at radius 1 is 0.743 bits per heavy atom. The molecular formula is C26H25N3O5S. The molecule has 3 N–H and O–H groups in total. The minimum absolute atomic E-state index is 0.0879. The topological polar surface area (TPSA) is 97.9 Å². The summed E-state index contributed by atoms with van der Waals surface area (Å²) in [5, 5.41) is 2.43. The fraction of sp³-hybridized carbons (Fsp3) is 0.115. The van der Waals surface area contributed by atoms with E-state index in [-0.39, 0.29) is 23.9 Å². The van der Waals surface area contributed by atoms with Gasteiger partial charge in [-0.2, -0.15) is 0 Å². The van der Waals surface area contributed by atoms with E-state index in [1.165, 1.54) is 0 Å². The Morgan fingerprint density at radius 2 is 1.31 bits per heavy atom. The number of hydrogen-bond donors (Lipinski definition) is 3. The van der Waals surface area contributed by atoms with Crippen molar-refractivity contribution < 1.29 is 23.8 Å². The molecule has 0 spiro atoms. The fourth-order valence-electron chi connectivity index (χ4n) is 2.92. The van der Waals surface area contributed by atoms with Crippen molar-refractivity contribution in [3.8, 4) is 17.2 Å². The predicted octanol–water partition coefficient (Wildman–Crippen LogP) is 3.66. The van der Waals surface area contributed by atoms with Gasteiger partial charge in [-0.15, -0.1) is 0 Å². The maximum atomic E-state index is 12.7. The number of amides is 2. The van der Waals surface area contributed by atoms with E-state index in [4.69, 9.17) is 26.4 Å². The number of para-hydroxylation sites is 3. The summed E-state index contributed by atoms with van der Waals surface area (Å²) in [6.07, 6.45) is 1.58. The summed E-state index contributed by atoms with van der Waals surface area (Å²) >= 11 is 5.14. The summed E-state index contributed by atoms with van der Waals surface area (Å²) in [6.45, 7) is 4.40. The van der Waals surface area contributed by atoms with Gasteiger partial charge in [0.25, 0.3) is 11.8 Å². The van der Waals surface area contributed by atoms with Crippen LogP contribution in [0.3, 0.4) is 0 Å². The van der Waals surface area contributed by atoms with Crippen LogP contribution < -0.4 is 30.4 Å². The van der Waals surface area contributed by atoms with Gasteiger partial charge in [-0.3, -0.25) is 25.8 Å². The largest absolute Gasteiger partial charge is 0.490 e. The SMILES string of the molecule is C=CCOc1ccccc1C(=O)NNC(=S)NC(=O)c1ccccc1OCCOc1ccccc1. The molecule has 0 radical (unpaired) electrons. The summed E-state index contributed by atoms with van der Waals surface area (Å²) in [5.74, 6) is 0.524. The lowest BCUT2D eigenvalue weighted by atomic mass is 10.2. The van der Waals surface area contributed by atoms with Crippen LogP contribution in [-0.2, 0) is 0 Å². The molecule has 0 aliphatic carbocycles. The molecule has 0 fully saturated rings. The molecule has 0 aliphatic heterocycles. The lowest BCUT2D eigenvalue weighted by Gasteiger charge is -2.14. The number of hydrazine groups is 1. The molecule has 0 atom stereocenters. The molecule has 0 saturated heterocycles. The zero-order chi connectivity index (χ0) is 24.9. The number of hydrogen-bond acceptors (Lipinski definition) is 6. The van der Waals surface area contributed by atoms with E-state index < -0.39 is 11.8 Å². The number of carbonyl (C=O) groups excluding carboxylic acids is 2. The summed E-state index contributed by atoms with van der Waals surface area (Å²) in [7, 11) is 0. The van der Waals surface area contributed by atoms with Crippen LogP contribution in [0.15, 0.2) is 91.5 Å². The number of carbonyl (C=O) groups is 2. The normalized spacial score (nSPS) is 9.94. The highest BCUT2D eigenvalue weighted by atomic mass is 32.1. The highest BCUT2D eigenvalue weighted by Crippen LogP contribution is 2.19. The second kappa shape index (κ2) is 13.4. The third-order valence-electron chi connectivity index (χ3n) is 4.49. The summed E-state index contributed by atoms with van der Waals surface area (Å²) in [4.78, 5) is 25.2. The molecule has 3 aromatic carbocycles. The van der Waals surface area contributed by atoms with Crippen molar-refractivity contribution in [2.24, 2.45) is 0 Å². The summed E-state index contributed by atoms with van der Waals surface area (Å²) in [5.41, 5.74) is 5.55. The molecule has 0 heterocycles. The summed E-state index contributed by atoms with van der Waals surface area (Å²) < 4.78 is 16.8. The highest BCUT2D eigenvalue weighted by Gasteiger charge is 2.15. The first kappa shape index (κ1) is 25.3. The van der Waals surface area contributed by atoms with Gasteiger partial charge in [0, 0.05) is 0 Å². The molecule has 35 heavy (non-hydrogen) atoms. The number of rotatable bonds is 10. The van der Waals surface area contributed by atoms with E-state index in [2.05, 4.69) is 22.7 Å². The summed E-state index contributed by atoms with van der Waals surface area (Å²) in [6, 6.07) is 22.8. The van der Waals surface area contributed by atoms with Crippen LogP contribution in [0.1, 0.15) is 20.7 Å². The van der Waals surface area contributed by atoms with Gasteiger partial charge in [0.1, 0.15) is 37.1 Å². The van der Waals surface area contributed by atoms with E-state index in [1.807, 2.05) is 30.3 Å². The quantitative estimate of drug-likeness (QED) is 0.172. The molecule has 9 heteroatoms. The number of benzene rings is 3. The molecule has 0 unspecified atom stereocenters. The van der Waals surface area contributed by atoms with E-state index >= 15 is 0 Å². The van der Waals surface area contributed by atoms with Gasteiger partial charge < -0.3 is 14.2 Å². The standard InChI is InChI=1S/C26H25N3O5S/c1-2-16-33-23-15-9-7-13-21(23)25(31)28-29-26(35)27-24(30)20-12-6-8-14-22(20)34-18-17-32-19-10-4-3-5-11-19/h2-15H,1,16-18H2,(H,28,31)(H2,27,29,30,35). The van der Waals surface area contributed by atoms with Gasteiger partial charge in [0.2, 0.25) is 0 Å². The van der Waals surface area contributed by atoms with Crippen LogP contribution in [0, 0.1) is 0 Å². The smallest absolute Gasteiger partial charge is 0.273 e. The number of thiocarbonyl (C=S) groups is 1. The minimum Gasteiger partial charge on any atom is -0.490 e. The minimum atomic E-state index is -0.494. The lowest BCUT2D eigenvalue weighted by molar-refractivity contribution is 0.0930. The number of ether oxygens (including phenoxy) is 3. The highest BCUT2D eigenvalue weighted by molar-refractivity contribution is 7.80. The van der Waals surface area contributed by atoms with Crippen molar-refractivity contribution in [1.29, 1.82) is 0 Å². The molecule has 8 nitrogen and oxygen atoms in total. The Balaban J connectivity index is 1.50. The van der Waals surface area contributed by atoms with Crippen LogP contribution in [0.5, 0.6) is 17.2 Å². The lowest BCUT2D eigenvalue weighted by Crippen LogP contribution is -2.48. The monoisotopic (exact) mass is 491 g/mol. The molecule has 3 rings (SSSR count). The van der Waals surface area contributed by atoms with Gasteiger partial charge >= 0.3 is 0 Å². The first-order valence-electron chi connectivity index (χ1n) is 10.7. The van der Waals surface area contributed by atoms with Crippen LogP contribution in [0.4, 0.5) is 0 Å². The molecule has 0 aliphatic rings. The average Bonchev–Trinajstić information content (AvgIpc) is 2.89. The maximum Gasteiger partial charge on any atom is 0.273 e. The molecule has 0 saturated carbocycles. The van der Waals surface area contributed by atoms with E-state index in [1.54, 1.807) is 54.6 Å². The Kier molecular flexibility index (Phi) is 9.64. The Morgan fingerprint density at radius 3 is 2.00 bits per heavy atom. The third kappa shape index (κ3) is 7.86. The van der Waals surface area contributed by atoms with E-state index in [9.17, 15) is 9.59 Å². The van der Waals surface area contributed by atoms with Crippen molar-refractivity contribution in [3.05, 3.63) is 103 Å². The van der Waals surface area contributed by atoms with Gasteiger partial charge in [-0.25, -0.2) is 0 Å². The van der Waals surface area contributed by atoms with Crippen molar-refractivity contribution in [1.82, 2.24) is 16.2 Å². The van der Waals surface area contributed by atoms with Crippen molar-refractivity contribution in [2.75, 3.05) is 19.8 Å². The Bertz CT molecular complexity index is 1170. The second-order valence-corrected chi connectivity index (χ2v) is 7.37. The molecule has 2 amide bonds. The van der Waals surface area contributed by atoms with Crippen molar-refractivity contribution >= 4 is 29.1 Å². The van der Waals surface area contributed by atoms with Crippen molar-refractivity contribution in [3.63, 3.8) is 0 Å². The average molecular weight is 492 g/mol. The Labute approximate surface area is 208 Å². The van der Waals surface area contributed by atoms with Crippen LogP contribution in [0.2, 0.25) is 0 Å². The van der Waals surface area contributed by atoms with Crippen LogP contribution >= 0.6 is 12.2 Å². The Hall–Kier alpha value is -4.37. The van der Waals surface area contributed by atoms with E-state index in [0.717, 1.165) is 5.75 Å². The second-order valence-electron chi connectivity index (χ2n) is 6.96. The molecule has 180 valence electrons. The first-order chi connectivity index (χ1) is 17.1. The van der Waals surface area contributed by atoms with Crippen molar-refractivity contribution in [2.45, 2.75) is 0 Å².